The van der Waals surface area contributed by atoms with Crippen LogP contribution in [0.5, 0.6) is 0 Å². The molecular formula is C25H36F3NO3. The molecule has 0 aromatic rings. The molecule has 7 unspecified atom stereocenters. The van der Waals surface area contributed by atoms with Gasteiger partial charge in [-0.1, -0.05) is 30.7 Å². The van der Waals surface area contributed by atoms with Gasteiger partial charge < -0.3 is 9.57 Å². The number of carbonyl (C=O) groups excluding carboxylic acids is 1. The van der Waals surface area contributed by atoms with Gasteiger partial charge in [-0.15, -0.1) is 0 Å². The van der Waals surface area contributed by atoms with Gasteiger partial charge in [0.2, 0.25) is 0 Å². The molecule has 4 rings (SSSR count). The van der Waals surface area contributed by atoms with E-state index >= 15 is 0 Å². The molecule has 7 atom stereocenters. The number of fused-ring (bicyclic) bond motifs is 5. The number of nitrogens with zero attached hydrogens (tertiary/aromatic N) is 1. The maximum absolute atomic E-state index is 12.6. The van der Waals surface area contributed by atoms with Crippen LogP contribution in [0, 0.1) is 34.5 Å². The van der Waals surface area contributed by atoms with Crippen LogP contribution in [0.15, 0.2) is 16.8 Å². The largest absolute Gasteiger partial charge is 0.490 e. The van der Waals surface area contributed by atoms with Gasteiger partial charge in [-0.2, -0.15) is 13.2 Å². The zero-order valence-electron chi connectivity index (χ0n) is 19.6. The fourth-order valence-electron chi connectivity index (χ4n) is 7.86. The van der Waals surface area contributed by atoms with Crippen LogP contribution in [0.3, 0.4) is 0 Å². The smallest absolute Gasteiger partial charge is 0.455 e. The number of alkyl halides is 3. The second kappa shape index (κ2) is 8.35. The Labute approximate surface area is 189 Å². The molecule has 0 spiro atoms. The maximum Gasteiger partial charge on any atom is 0.490 e. The Morgan fingerprint density at radius 1 is 1.16 bits per heavy atom. The number of halogens is 3. The van der Waals surface area contributed by atoms with Gasteiger partial charge in [-0.3, -0.25) is 0 Å². The summed E-state index contributed by atoms with van der Waals surface area (Å²) < 4.78 is 42.8. The molecule has 32 heavy (non-hydrogen) atoms. The maximum atomic E-state index is 12.6. The Bertz CT molecular complexity index is 807. The summed E-state index contributed by atoms with van der Waals surface area (Å²) in [6, 6.07) is 0. The van der Waals surface area contributed by atoms with Crippen LogP contribution in [-0.4, -0.2) is 30.6 Å². The van der Waals surface area contributed by atoms with E-state index in [1.54, 1.807) is 0 Å². The van der Waals surface area contributed by atoms with Crippen molar-refractivity contribution in [3.8, 4) is 0 Å². The van der Waals surface area contributed by atoms with Gasteiger partial charge >= 0.3 is 12.1 Å². The van der Waals surface area contributed by atoms with E-state index in [2.05, 4.69) is 32.0 Å². The number of allylic oxidation sites excluding steroid dienone is 1. The molecule has 0 saturated heterocycles. The van der Waals surface area contributed by atoms with Crippen LogP contribution in [0.25, 0.3) is 0 Å². The molecule has 7 heteroatoms. The van der Waals surface area contributed by atoms with Crippen LogP contribution in [-0.2, 0) is 14.4 Å². The highest BCUT2D eigenvalue weighted by atomic mass is 19.4. The Kier molecular flexibility index (Phi) is 6.17. The number of carbonyl (C=O) groups is 1. The van der Waals surface area contributed by atoms with E-state index in [9.17, 15) is 18.0 Å². The lowest BCUT2D eigenvalue weighted by molar-refractivity contribution is -0.206. The highest BCUT2D eigenvalue weighted by Gasteiger charge is 2.59. The quantitative estimate of drug-likeness (QED) is 0.212. The average molecular weight is 456 g/mol. The van der Waals surface area contributed by atoms with Crippen molar-refractivity contribution in [3.05, 3.63) is 11.6 Å². The third-order valence-corrected chi connectivity index (χ3v) is 9.41. The number of hydrogen-bond acceptors (Lipinski definition) is 4. The van der Waals surface area contributed by atoms with Crippen LogP contribution in [0.4, 0.5) is 13.2 Å². The van der Waals surface area contributed by atoms with Crippen LogP contribution in [0.1, 0.15) is 79.1 Å². The molecule has 0 amide bonds. The first-order valence-electron chi connectivity index (χ1n) is 12.1. The van der Waals surface area contributed by atoms with Gasteiger partial charge in [0, 0.05) is 12.3 Å². The Morgan fingerprint density at radius 3 is 2.59 bits per heavy atom. The summed E-state index contributed by atoms with van der Waals surface area (Å²) in [6.07, 6.45) is 4.02. The van der Waals surface area contributed by atoms with E-state index in [-0.39, 0.29) is 10.8 Å². The first-order valence-corrected chi connectivity index (χ1v) is 12.1. The predicted molar refractivity (Wildman–Crippen MR) is 116 cm³/mol. The fourth-order valence-corrected chi connectivity index (χ4v) is 7.86. The summed E-state index contributed by atoms with van der Waals surface area (Å²) in [4.78, 5) is 16.7. The standard InChI is InChI=1S/C25H36F3NO3/c1-5-31-29-15(2)19-8-9-20-18-7-6-16-14-17(32-22(30)25(26,27)28)10-12-23(16,3)21(18)11-13-24(19,20)4/h6,17-21H,5,7-14H2,1-4H3/b29-15+. The molecule has 180 valence electrons. The highest BCUT2D eigenvalue weighted by Crippen LogP contribution is 2.66. The molecule has 4 aliphatic carbocycles. The van der Waals surface area contributed by atoms with Crippen LogP contribution in [0.2, 0.25) is 0 Å². The van der Waals surface area contributed by atoms with E-state index in [4.69, 9.17) is 9.57 Å². The van der Waals surface area contributed by atoms with Gasteiger partial charge in [0.25, 0.3) is 0 Å². The zero-order chi connectivity index (χ0) is 23.3. The molecule has 0 radical (unpaired) electrons. The summed E-state index contributed by atoms with van der Waals surface area (Å²) in [6.45, 7) is 9.37. The fraction of sp³-hybridized carbons (Fsp3) is 0.840. The average Bonchev–Trinajstić information content (AvgIpc) is 3.09. The highest BCUT2D eigenvalue weighted by molar-refractivity contribution is 5.85. The lowest BCUT2D eigenvalue weighted by Gasteiger charge is -2.58. The summed E-state index contributed by atoms with van der Waals surface area (Å²) in [5.74, 6) is 0.170. The molecule has 3 fully saturated rings. The summed E-state index contributed by atoms with van der Waals surface area (Å²) >= 11 is 0. The molecule has 0 N–H and O–H groups in total. The van der Waals surface area contributed by atoms with Crippen LogP contribution >= 0.6 is 0 Å². The molecular weight excluding hydrogens is 419 g/mol. The number of rotatable bonds is 4. The van der Waals surface area contributed by atoms with Crippen molar-refractivity contribution < 1.29 is 27.5 Å². The van der Waals surface area contributed by atoms with Gasteiger partial charge in [-0.05, 0) is 87.4 Å². The molecule has 0 heterocycles. The van der Waals surface area contributed by atoms with Crippen molar-refractivity contribution >= 4 is 11.7 Å². The van der Waals surface area contributed by atoms with Crippen molar-refractivity contribution in [2.75, 3.05) is 6.61 Å². The molecule has 0 bridgehead atoms. The Balaban J connectivity index is 1.51. The van der Waals surface area contributed by atoms with E-state index in [0.29, 0.717) is 43.1 Å². The number of hydrogen-bond donors (Lipinski definition) is 0. The van der Waals surface area contributed by atoms with E-state index in [1.165, 1.54) is 12.0 Å². The van der Waals surface area contributed by atoms with Gasteiger partial charge in [0.15, 0.2) is 0 Å². The van der Waals surface area contributed by atoms with Crippen LogP contribution < -0.4 is 0 Å². The van der Waals surface area contributed by atoms with E-state index in [0.717, 1.165) is 37.8 Å². The van der Waals surface area contributed by atoms with E-state index < -0.39 is 18.2 Å². The normalized spacial score (nSPS) is 41.8. The lowest BCUT2D eigenvalue weighted by atomic mass is 9.47. The van der Waals surface area contributed by atoms with Crippen molar-refractivity contribution in [2.45, 2.75) is 91.3 Å². The SMILES string of the molecule is CCO/N=C(\C)C1CCC2C3CC=C4CC(OC(=O)C(F)(F)F)CCC4(C)C3CCC12C. The topological polar surface area (TPSA) is 47.9 Å². The number of esters is 1. The molecule has 0 aliphatic heterocycles. The first kappa shape index (κ1) is 23.6. The van der Waals surface area contributed by atoms with Gasteiger partial charge in [0.05, 0.1) is 5.71 Å². The monoisotopic (exact) mass is 455 g/mol. The van der Waals surface area contributed by atoms with E-state index in [1.807, 2.05) is 6.92 Å². The molecule has 3 saturated carbocycles. The third-order valence-electron chi connectivity index (χ3n) is 9.41. The van der Waals surface area contributed by atoms with Crippen molar-refractivity contribution in [2.24, 2.45) is 39.7 Å². The zero-order valence-corrected chi connectivity index (χ0v) is 19.6. The lowest BCUT2D eigenvalue weighted by Crippen LogP contribution is -2.51. The molecule has 4 nitrogen and oxygen atoms in total. The van der Waals surface area contributed by atoms with Crippen molar-refractivity contribution in [1.82, 2.24) is 0 Å². The molecule has 0 aromatic heterocycles. The van der Waals surface area contributed by atoms with Gasteiger partial charge in [-0.25, -0.2) is 4.79 Å². The Morgan fingerprint density at radius 2 is 1.91 bits per heavy atom. The first-order chi connectivity index (χ1) is 15.0. The van der Waals surface area contributed by atoms with Gasteiger partial charge in [0.1, 0.15) is 12.7 Å². The van der Waals surface area contributed by atoms with Crippen molar-refractivity contribution in [1.29, 1.82) is 0 Å². The third kappa shape index (κ3) is 3.87. The predicted octanol–water partition coefficient (Wildman–Crippen LogP) is 6.45. The number of ether oxygens (including phenoxy) is 1. The van der Waals surface area contributed by atoms with Crippen molar-refractivity contribution in [3.63, 3.8) is 0 Å². The Hall–Kier alpha value is -1.53. The second-order valence-electron chi connectivity index (χ2n) is 10.9. The second-order valence-corrected chi connectivity index (χ2v) is 10.9. The minimum atomic E-state index is -4.93. The summed E-state index contributed by atoms with van der Waals surface area (Å²) in [5, 5.41) is 4.38. The summed E-state index contributed by atoms with van der Waals surface area (Å²) in [7, 11) is 0. The molecule has 0 aromatic carbocycles. The minimum Gasteiger partial charge on any atom is -0.455 e. The summed E-state index contributed by atoms with van der Waals surface area (Å²) in [5.41, 5.74) is 2.54. The minimum absolute atomic E-state index is 0.00205. The molecule has 4 aliphatic rings. The number of oxime groups is 1.